The molecule has 6 amide bonds. The van der Waals surface area contributed by atoms with Gasteiger partial charge in [0.05, 0.1) is 20.3 Å². The second kappa shape index (κ2) is 20.3. The number of anilines is 2. The number of hydrogen-bond acceptors (Lipinski definition) is 9. The molecule has 0 saturated carbocycles. The van der Waals surface area contributed by atoms with Crippen LogP contribution in [-0.2, 0) is 28.7 Å². The molecule has 3 aliphatic heterocycles. The lowest BCUT2D eigenvalue weighted by molar-refractivity contribution is -0.140. The molecule has 15 nitrogen and oxygen atoms in total. The van der Waals surface area contributed by atoms with E-state index >= 15 is 0 Å². The summed E-state index contributed by atoms with van der Waals surface area (Å²) in [6, 6.07) is 11.2. The van der Waals surface area contributed by atoms with Crippen LogP contribution in [0.3, 0.4) is 0 Å². The number of hydrogen-bond donors (Lipinski definition) is 4. The Labute approximate surface area is 362 Å². The maximum atomic E-state index is 14.2. The number of ether oxygens (including phenoxy) is 2. The van der Waals surface area contributed by atoms with Gasteiger partial charge < -0.3 is 45.4 Å². The minimum atomic E-state index is -0.827. The first-order chi connectivity index (χ1) is 29.7. The van der Waals surface area contributed by atoms with Gasteiger partial charge in [-0.15, -0.1) is 0 Å². The molecule has 0 bridgehead atoms. The number of carbonyl (C=O) groups excluding carboxylic acids is 6. The van der Waals surface area contributed by atoms with Crippen LogP contribution < -0.4 is 26.2 Å². The van der Waals surface area contributed by atoms with Crippen LogP contribution in [0.4, 0.5) is 25.4 Å². The molecule has 1 aliphatic carbocycles. The lowest BCUT2D eigenvalue weighted by Crippen LogP contribution is -2.55. The molecular weight excluding hydrogens is 798 g/mol. The fourth-order valence-corrected chi connectivity index (χ4v) is 9.19. The van der Waals surface area contributed by atoms with Crippen molar-refractivity contribution in [3.8, 4) is 0 Å². The van der Waals surface area contributed by atoms with Gasteiger partial charge in [0.25, 0.3) is 0 Å². The smallest absolute Gasteiger partial charge is 0.407 e. The van der Waals surface area contributed by atoms with E-state index in [9.17, 15) is 33.2 Å². The van der Waals surface area contributed by atoms with Crippen LogP contribution in [0.5, 0.6) is 0 Å². The lowest BCUT2D eigenvalue weighted by Gasteiger charge is -2.37. The average molecular weight is 858 g/mol. The molecule has 3 saturated heterocycles. The Morgan fingerprint density at radius 1 is 0.694 bits per heavy atom. The zero-order valence-electron chi connectivity index (χ0n) is 36.4. The molecule has 7 atom stereocenters. The number of nitrogens with zero attached hydrogens (tertiary/aromatic N) is 3. The molecule has 4 N–H and O–H groups in total. The van der Waals surface area contributed by atoms with Crippen molar-refractivity contribution in [2.45, 2.75) is 109 Å². The molecule has 3 heterocycles. The first kappa shape index (κ1) is 45.6. The van der Waals surface area contributed by atoms with Crippen molar-refractivity contribution >= 4 is 47.2 Å². The monoisotopic (exact) mass is 857 g/mol. The third kappa shape index (κ3) is 10.4. The Hall–Kier alpha value is -5.93. The summed E-state index contributed by atoms with van der Waals surface area (Å²) in [5.41, 5.74) is 3.16. The fourth-order valence-electron chi connectivity index (χ4n) is 9.19. The summed E-state index contributed by atoms with van der Waals surface area (Å²) in [6.45, 7) is 8.13. The van der Waals surface area contributed by atoms with Gasteiger partial charge in [-0.2, -0.15) is 0 Å². The van der Waals surface area contributed by atoms with Crippen LogP contribution in [0, 0.1) is 23.6 Å². The number of benzene rings is 2. The van der Waals surface area contributed by atoms with E-state index in [2.05, 4.69) is 32.2 Å². The molecule has 0 aromatic heterocycles. The van der Waals surface area contributed by atoms with Gasteiger partial charge in [-0.1, -0.05) is 52.0 Å². The van der Waals surface area contributed by atoms with Crippen LogP contribution in [0.25, 0.3) is 0 Å². The Morgan fingerprint density at radius 2 is 1.23 bits per heavy atom. The van der Waals surface area contributed by atoms with Crippen molar-refractivity contribution in [2.24, 2.45) is 17.8 Å². The van der Waals surface area contributed by atoms with E-state index in [4.69, 9.17) is 9.47 Å². The van der Waals surface area contributed by atoms with Crippen LogP contribution in [-0.4, -0.2) is 103 Å². The molecule has 1 unspecified atom stereocenters. The normalized spacial score (nSPS) is 23.1. The van der Waals surface area contributed by atoms with Crippen molar-refractivity contribution in [1.29, 1.82) is 0 Å². The van der Waals surface area contributed by atoms with E-state index in [1.165, 1.54) is 31.3 Å². The summed E-state index contributed by atoms with van der Waals surface area (Å²) in [4.78, 5) is 83.6. The first-order valence-corrected chi connectivity index (χ1v) is 21.6. The Morgan fingerprint density at radius 3 is 1.71 bits per heavy atom. The summed E-state index contributed by atoms with van der Waals surface area (Å²) in [5, 5.41) is 11.2. The topological polar surface area (TPSA) is 179 Å². The number of rotatable bonds is 13. The van der Waals surface area contributed by atoms with E-state index in [-0.39, 0.29) is 59.3 Å². The maximum Gasteiger partial charge on any atom is 0.407 e. The summed E-state index contributed by atoms with van der Waals surface area (Å²) < 4.78 is 23.6. The van der Waals surface area contributed by atoms with Gasteiger partial charge in [0.2, 0.25) is 23.6 Å². The average Bonchev–Trinajstić information content (AvgIpc) is 4.06. The van der Waals surface area contributed by atoms with E-state index in [1.54, 1.807) is 17.0 Å². The van der Waals surface area contributed by atoms with Crippen molar-refractivity contribution in [3.05, 3.63) is 83.8 Å². The minimum Gasteiger partial charge on any atom is -0.453 e. The van der Waals surface area contributed by atoms with Gasteiger partial charge in [-0.05, 0) is 105 Å². The van der Waals surface area contributed by atoms with Gasteiger partial charge in [0.1, 0.15) is 30.0 Å². The van der Waals surface area contributed by atoms with Crippen molar-refractivity contribution in [1.82, 2.24) is 25.8 Å². The quantitative estimate of drug-likeness (QED) is 0.194. The minimum absolute atomic E-state index is 0.0406. The number of methoxy groups -OCH3 is 2. The van der Waals surface area contributed by atoms with Crippen LogP contribution in [0.2, 0.25) is 0 Å². The summed E-state index contributed by atoms with van der Waals surface area (Å²) in [5.74, 6) is -1.88. The largest absolute Gasteiger partial charge is 0.453 e. The first-order valence-electron chi connectivity index (χ1n) is 21.6. The molecule has 2 aromatic carbocycles. The number of halogens is 1. The highest BCUT2D eigenvalue weighted by Crippen LogP contribution is 2.44. The van der Waals surface area contributed by atoms with Crippen LogP contribution in [0.15, 0.2) is 72.5 Å². The molecule has 0 spiro atoms. The molecular formula is C46H60FN7O8. The third-order valence-corrected chi connectivity index (χ3v) is 12.5. The fraction of sp³-hybridized carbons (Fsp3) is 0.522. The Balaban J connectivity index is 1.10. The molecule has 62 heavy (non-hydrogen) atoms. The summed E-state index contributed by atoms with van der Waals surface area (Å²) in [6.07, 6.45) is 9.30. The van der Waals surface area contributed by atoms with Crippen LogP contribution in [0.1, 0.15) is 84.2 Å². The second-order valence-electron chi connectivity index (χ2n) is 17.2. The SMILES string of the molecule is COC(=O)N[C@H](C(=O)N1CCC[C@H]1C(=O)NC1=CCC([C@H]2CC[C@@H](c3ccc(NC(=O)[C@@H]4CCCN4C(=O)[C@@H](NC(=O)OC)C(C)C)cc3)N2c2ccc(F)cc2)C=C1)C(C)C. The number of carbonyl (C=O) groups is 6. The van der Waals surface area contributed by atoms with Gasteiger partial charge in [-0.25, -0.2) is 14.0 Å². The Kier molecular flexibility index (Phi) is 14.9. The number of nitrogens with one attached hydrogen (secondary N) is 4. The number of allylic oxidation sites excluding steroid dienone is 2. The van der Waals surface area contributed by atoms with Gasteiger partial charge in [0, 0.05) is 42.1 Å². The molecule has 3 fully saturated rings. The number of likely N-dealkylation sites (tertiary alicyclic amines) is 2. The highest BCUT2D eigenvalue weighted by molar-refractivity contribution is 5.99. The maximum absolute atomic E-state index is 14.2. The third-order valence-electron chi connectivity index (χ3n) is 12.5. The predicted molar refractivity (Wildman–Crippen MR) is 231 cm³/mol. The van der Waals surface area contributed by atoms with Gasteiger partial charge in [0.15, 0.2) is 0 Å². The van der Waals surface area contributed by atoms with E-state index in [1.807, 2.05) is 64.1 Å². The van der Waals surface area contributed by atoms with E-state index in [0.717, 1.165) is 24.1 Å². The highest BCUT2D eigenvalue weighted by atomic mass is 19.1. The Bertz CT molecular complexity index is 2020. The summed E-state index contributed by atoms with van der Waals surface area (Å²) in [7, 11) is 2.48. The van der Waals surface area contributed by atoms with Crippen molar-refractivity contribution in [3.63, 3.8) is 0 Å². The summed E-state index contributed by atoms with van der Waals surface area (Å²) >= 11 is 0. The molecule has 16 heteroatoms. The molecule has 2 aromatic rings. The van der Waals surface area contributed by atoms with Crippen molar-refractivity contribution < 1.29 is 42.6 Å². The van der Waals surface area contributed by atoms with E-state index < -0.39 is 36.4 Å². The second-order valence-corrected chi connectivity index (χ2v) is 17.2. The van der Waals surface area contributed by atoms with Gasteiger partial charge in [-0.3, -0.25) is 19.2 Å². The lowest BCUT2D eigenvalue weighted by atomic mass is 9.90. The molecule has 0 radical (unpaired) electrons. The predicted octanol–water partition coefficient (Wildman–Crippen LogP) is 5.79. The standard InChI is InChI=1S/C46H60FN7O8/c1-27(2)39(50-45(59)61-5)43(57)52-25-7-9-37(52)41(55)48-32-17-11-29(12-18-32)35-23-24-36(54(35)34-21-15-31(47)16-22-34)30-13-19-33(20-14-30)49-42(56)38-10-8-26-53(38)44(58)40(28(3)4)51-46(60)62-6/h11-13,15-22,27-28,30,35-40H,7-10,14,23-26H2,1-6H3,(H,48,55)(H,49,56)(H,50,59)(H,51,60)/t30?,35-,36+,37-,38-,39-,40-/m0/s1. The van der Waals surface area contributed by atoms with Crippen LogP contribution >= 0.6 is 0 Å². The molecule has 6 rings (SSSR count). The molecule has 4 aliphatic rings. The zero-order chi connectivity index (χ0) is 44.7. The number of amides is 6. The number of alkyl carbamates (subject to hydrolysis) is 2. The zero-order valence-corrected chi connectivity index (χ0v) is 36.4. The highest BCUT2D eigenvalue weighted by Gasteiger charge is 2.42. The van der Waals surface area contributed by atoms with Gasteiger partial charge >= 0.3 is 12.2 Å². The molecule has 334 valence electrons. The van der Waals surface area contributed by atoms with E-state index in [0.29, 0.717) is 56.6 Å². The van der Waals surface area contributed by atoms with Crippen molar-refractivity contribution in [2.75, 3.05) is 37.5 Å².